The highest BCUT2D eigenvalue weighted by Crippen LogP contribution is 2.37. The Bertz CT molecular complexity index is 1440. The van der Waals surface area contributed by atoms with E-state index in [1.165, 1.54) is 0 Å². The lowest BCUT2D eigenvalue weighted by Gasteiger charge is -2.07. The number of imidazole rings is 1. The van der Waals surface area contributed by atoms with E-state index in [-0.39, 0.29) is 6.61 Å². The minimum atomic E-state index is -0.232. The summed E-state index contributed by atoms with van der Waals surface area (Å²) in [6.07, 6.45) is 4.43. The van der Waals surface area contributed by atoms with Gasteiger partial charge in [0.05, 0.1) is 33.6 Å². The minimum Gasteiger partial charge on any atom is -0.390 e. The van der Waals surface area contributed by atoms with E-state index in [1.807, 2.05) is 34.9 Å². The van der Waals surface area contributed by atoms with Gasteiger partial charge in [-0.2, -0.15) is 0 Å². The van der Waals surface area contributed by atoms with E-state index < -0.39 is 0 Å². The first-order chi connectivity index (χ1) is 15.1. The van der Waals surface area contributed by atoms with Gasteiger partial charge in [-0.3, -0.25) is 9.78 Å². The second-order valence-electron chi connectivity index (χ2n) is 7.07. The van der Waals surface area contributed by atoms with Crippen LogP contribution < -0.4 is 0 Å². The molecular weight excluding hydrogens is 433 g/mol. The summed E-state index contributed by atoms with van der Waals surface area (Å²) in [5, 5.41) is 11.9. The summed E-state index contributed by atoms with van der Waals surface area (Å²) < 4.78 is 1.83. The Kier molecular flexibility index (Phi) is 4.94. The van der Waals surface area contributed by atoms with Gasteiger partial charge in [0.2, 0.25) is 0 Å². The zero-order valence-corrected chi connectivity index (χ0v) is 17.6. The molecule has 31 heavy (non-hydrogen) atoms. The van der Waals surface area contributed by atoms with Crippen molar-refractivity contribution in [3.8, 4) is 22.4 Å². The molecule has 0 atom stereocenters. The largest absolute Gasteiger partial charge is 0.390 e. The zero-order chi connectivity index (χ0) is 21.5. The molecule has 0 saturated carbocycles. The van der Waals surface area contributed by atoms with Gasteiger partial charge in [0.1, 0.15) is 11.9 Å². The number of hydrogen-bond acceptors (Lipinski definition) is 4. The van der Waals surface area contributed by atoms with E-state index in [1.54, 1.807) is 36.5 Å². The maximum atomic E-state index is 10.9. The van der Waals surface area contributed by atoms with E-state index >= 15 is 0 Å². The van der Waals surface area contributed by atoms with Crippen LogP contribution in [0.15, 0.2) is 67.0 Å². The number of aromatic nitrogens is 3. The molecule has 0 aliphatic rings. The van der Waals surface area contributed by atoms with Crippen LogP contribution in [0.25, 0.3) is 38.9 Å². The van der Waals surface area contributed by atoms with Crippen LogP contribution in [0, 0.1) is 0 Å². The van der Waals surface area contributed by atoms with Crippen molar-refractivity contribution < 1.29 is 9.90 Å². The number of rotatable bonds is 4. The molecule has 5 aromatic rings. The fourth-order valence-corrected chi connectivity index (χ4v) is 4.31. The second-order valence-corrected chi connectivity index (χ2v) is 7.88. The maximum Gasteiger partial charge on any atom is 0.150 e. The Hall–Kier alpha value is -3.25. The molecule has 3 heterocycles. The van der Waals surface area contributed by atoms with Crippen molar-refractivity contribution in [2.45, 2.75) is 6.61 Å². The number of fused-ring (bicyclic) bond motifs is 3. The smallest absolute Gasteiger partial charge is 0.150 e. The second kappa shape index (κ2) is 7.78. The molecule has 0 bridgehead atoms. The number of aliphatic hydroxyl groups excluding tert-OH is 1. The number of pyridine rings is 2. The lowest BCUT2D eigenvalue weighted by Crippen LogP contribution is -1.95. The highest BCUT2D eigenvalue weighted by Gasteiger charge is 2.20. The van der Waals surface area contributed by atoms with Gasteiger partial charge in [-0.05, 0) is 29.8 Å². The van der Waals surface area contributed by atoms with Crippen molar-refractivity contribution in [1.29, 1.82) is 0 Å². The molecule has 0 unspecified atom stereocenters. The van der Waals surface area contributed by atoms with Crippen molar-refractivity contribution in [2.75, 3.05) is 0 Å². The molecule has 152 valence electrons. The van der Waals surface area contributed by atoms with Gasteiger partial charge < -0.3 is 9.51 Å². The van der Waals surface area contributed by atoms with E-state index in [2.05, 4.69) is 4.98 Å². The van der Waals surface area contributed by atoms with Crippen LogP contribution in [-0.2, 0) is 6.61 Å². The highest BCUT2D eigenvalue weighted by atomic mass is 35.5. The SMILES string of the molecule is O=Cc1ccc(-c2cnc3ccn4c(CO)c(-c5c(Cl)cccc5Cl)nc4c3c2)cc1. The topological polar surface area (TPSA) is 67.5 Å². The van der Waals surface area contributed by atoms with Crippen LogP contribution in [0.1, 0.15) is 16.1 Å². The average Bonchev–Trinajstić information content (AvgIpc) is 3.17. The molecule has 0 radical (unpaired) electrons. The number of benzene rings is 2. The normalized spacial score (nSPS) is 11.3. The third-order valence-corrected chi connectivity index (χ3v) is 5.91. The quantitative estimate of drug-likeness (QED) is 0.352. The van der Waals surface area contributed by atoms with E-state index in [4.69, 9.17) is 28.2 Å². The highest BCUT2D eigenvalue weighted by molar-refractivity contribution is 6.39. The van der Waals surface area contributed by atoms with Crippen LogP contribution in [0.5, 0.6) is 0 Å². The van der Waals surface area contributed by atoms with Crippen molar-refractivity contribution in [3.05, 3.63) is 88.3 Å². The first-order valence-electron chi connectivity index (χ1n) is 9.51. The Labute approximate surface area is 187 Å². The molecule has 1 N–H and O–H groups in total. The first kappa shape index (κ1) is 19.7. The zero-order valence-electron chi connectivity index (χ0n) is 16.1. The molecule has 0 aliphatic heterocycles. The van der Waals surface area contributed by atoms with Crippen LogP contribution in [0.3, 0.4) is 0 Å². The van der Waals surface area contributed by atoms with Gasteiger partial charge >= 0.3 is 0 Å². The molecule has 0 saturated heterocycles. The van der Waals surface area contributed by atoms with Gasteiger partial charge in [0, 0.05) is 34.5 Å². The van der Waals surface area contributed by atoms with Gasteiger partial charge in [-0.15, -0.1) is 0 Å². The summed E-state index contributed by atoms with van der Waals surface area (Å²) >= 11 is 12.8. The monoisotopic (exact) mass is 447 g/mol. The van der Waals surface area contributed by atoms with Crippen molar-refractivity contribution in [1.82, 2.24) is 14.4 Å². The lowest BCUT2D eigenvalue weighted by atomic mass is 10.0. The number of aldehydes is 1. The molecule has 0 aliphatic carbocycles. The number of halogens is 2. The summed E-state index contributed by atoms with van der Waals surface area (Å²) in [6, 6.07) is 16.4. The maximum absolute atomic E-state index is 10.9. The molecule has 5 nitrogen and oxygen atoms in total. The minimum absolute atomic E-state index is 0.232. The molecular formula is C24H15Cl2N3O2. The fraction of sp³-hybridized carbons (Fsp3) is 0.0417. The summed E-state index contributed by atoms with van der Waals surface area (Å²) in [5.41, 5.74) is 5.56. The lowest BCUT2D eigenvalue weighted by molar-refractivity contribution is 0.112. The third kappa shape index (κ3) is 3.27. The van der Waals surface area contributed by atoms with Gasteiger partial charge in [0.25, 0.3) is 0 Å². The number of hydrogen-bond donors (Lipinski definition) is 1. The van der Waals surface area contributed by atoms with E-state index in [9.17, 15) is 9.90 Å². The molecule has 0 amide bonds. The molecule has 7 heteroatoms. The number of carbonyl (C=O) groups excluding carboxylic acids is 1. The van der Waals surface area contributed by atoms with E-state index in [0.29, 0.717) is 38.2 Å². The Morgan fingerprint density at radius 3 is 2.42 bits per heavy atom. The van der Waals surface area contributed by atoms with Crippen LogP contribution in [0.2, 0.25) is 10.0 Å². The van der Waals surface area contributed by atoms with Gasteiger partial charge in [0.15, 0.2) is 0 Å². The summed E-state index contributed by atoms with van der Waals surface area (Å²) in [7, 11) is 0. The first-order valence-corrected chi connectivity index (χ1v) is 10.3. The summed E-state index contributed by atoms with van der Waals surface area (Å²) in [5.74, 6) is 0. The van der Waals surface area contributed by atoms with Crippen LogP contribution >= 0.6 is 23.2 Å². The average molecular weight is 448 g/mol. The molecule has 2 aromatic carbocycles. The van der Waals surface area contributed by atoms with Gasteiger partial charge in [-0.1, -0.05) is 53.5 Å². The van der Waals surface area contributed by atoms with Crippen molar-refractivity contribution in [3.63, 3.8) is 0 Å². The predicted octanol–water partition coefficient (Wildman–Crippen LogP) is 5.83. The van der Waals surface area contributed by atoms with Crippen molar-refractivity contribution in [2.24, 2.45) is 0 Å². The van der Waals surface area contributed by atoms with Crippen molar-refractivity contribution >= 4 is 46.0 Å². The summed E-state index contributed by atoms with van der Waals surface area (Å²) in [4.78, 5) is 20.3. The fourth-order valence-electron chi connectivity index (χ4n) is 3.74. The summed E-state index contributed by atoms with van der Waals surface area (Å²) in [6.45, 7) is -0.232. The number of aliphatic hydroxyl groups is 1. The van der Waals surface area contributed by atoms with Crippen LogP contribution in [0.4, 0.5) is 0 Å². The Balaban J connectivity index is 1.77. The Morgan fingerprint density at radius 2 is 1.74 bits per heavy atom. The predicted molar refractivity (Wildman–Crippen MR) is 123 cm³/mol. The van der Waals surface area contributed by atoms with Gasteiger partial charge in [-0.25, -0.2) is 4.98 Å². The standard InChI is InChI=1S/C24H15Cl2N3O2/c25-18-2-1-3-19(26)22(18)23-21(13-31)29-9-8-20-17(24(29)28-23)10-16(11-27-20)15-6-4-14(12-30)5-7-15/h1-12,31H,13H2. The number of carbonyl (C=O) groups is 1. The molecule has 5 rings (SSSR count). The third-order valence-electron chi connectivity index (χ3n) is 5.28. The molecule has 0 fully saturated rings. The molecule has 0 spiro atoms. The van der Waals surface area contributed by atoms with E-state index in [0.717, 1.165) is 28.3 Å². The van der Waals surface area contributed by atoms with Crippen LogP contribution in [-0.4, -0.2) is 25.8 Å². The molecule has 3 aromatic heterocycles. The number of nitrogens with zero attached hydrogens (tertiary/aromatic N) is 3. The Morgan fingerprint density at radius 1 is 1.00 bits per heavy atom.